The van der Waals surface area contributed by atoms with Gasteiger partial charge >= 0.3 is 0 Å². The lowest BCUT2D eigenvalue weighted by molar-refractivity contribution is -0.139. The molecule has 1 saturated heterocycles. The molecule has 1 aromatic carbocycles. The van der Waals surface area contributed by atoms with Crippen molar-refractivity contribution < 1.29 is 13.9 Å². The van der Waals surface area contributed by atoms with Gasteiger partial charge in [-0.05, 0) is 44.0 Å². The summed E-state index contributed by atoms with van der Waals surface area (Å²) in [7, 11) is 0. The molecule has 3 heterocycles. The molecule has 3 aromatic rings. The maximum absolute atomic E-state index is 13.0. The Morgan fingerprint density at radius 3 is 2.67 bits per heavy atom. The van der Waals surface area contributed by atoms with Crippen LogP contribution in [0.25, 0.3) is 11.2 Å². The van der Waals surface area contributed by atoms with Crippen LogP contribution >= 0.6 is 0 Å². The standard InChI is InChI=1S/C19H20FN5O2/c1-12(27-15-4-2-14(20)3-5-15)19(26)25-10-6-13(7-11-25)16-17-18(24-23-16)22-9-8-21-17/h2-5,8-9,12-13H,6-7,10-11H2,1H3,(H,22,23,24). The molecule has 1 atom stereocenters. The zero-order valence-corrected chi connectivity index (χ0v) is 14.9. The lowest BCUT2D eigenvalue weighted by atomic mass is 9.93. The number of aromatic amines is 1. The predicted octanol–water partition coefficient (Wildman–Crippen LogP) is 2.67. The van der Waals surface area contributed by atoms with Crippen LogP contribution in [0, 0.1) is 5.82 Å². The molecule has 1 fully saturated rings. The SMILES string of the molecule is CC(Oc1ccc(F)cc1)C(=O)N1CCC(c2[nH]nc3nccnc23)CC1. The van der Waals surface area contributed by atoms with E-state index in [4.69, 9.17) is 4.74 Å². The average Bonchev–Trinajstić information content (AvgIpc) is 3.13. The average molecular weight is 369 g/mol. The smallest absolute Gasteiger partial charge is 0.263 e. The van der Waals surface area contributed by atoms with Crippen molar-refractivity contribution in [3.63, 3.8) is 0 Å². The molecule has 0 saturated carbocycles. The molecule has 1 aliphatic rings. The Kier molecular flexibility index (Phi) is 4.70. The van der Waals surface area contributed by atoms with Gasteiger partial charge in [-0.1, -0.05) is 0 Å². The van der Waals surface area contributed by atoms with E-state index in [2.05, 4.69) is 20.2 Å². The number of rotatable bonds is 4. The Bertz CT molecular complexity index is 935. The zero-order valence-electron chi connectivity index (χ0n) is 14.9. The van der Waals surface area contributed by atoms with Crippen LogP contribution in [0.2, 0.25) is 0 Å². The highest BCUT2D eigenvalue weighted by Crippen LogP contribution is 2.30. The molecule has 1 unspecified atom stereocenters. The van der Waals surface area contributed by atoms with Gasteiger partial charge in [0.05, 0.1) is 5.69 Å². The van der Waals surface area contributed by atoms with E-state index in [-0.39, 0.29) is 17.6 Å². The summed E-state index contributed by atoms with van der Waals surface area (Å²) in [5, 5.41) is 7.26. The number of H-pyrrole nitrogens is 1. The highest BCUT2D eigenvalue weighted by molar-refractivity contribution is 5.81. The number of benzene rings is 1. The number of carbonyl (C=O) groups excluding carboxylic acids is 1. The molecule has 0 aliphatic carbocycles. The minimum absolute atomic E-state index is 0.0629. The molecular weight excluding hydrogens is 349 g/mol. The molecule has 0 radical (unpaired) electrons. The van der Waals surface area contributed by atoms with Crippen molar-refractivity contribution in [2.45, 2.75) is 31.8 Å². The zero-order chi connectivity index (χ0) is 18.8. The van der Waals surface area contributed by atoms with Crippen molar-refractivity contribution >= 4 is 17.1 Å². The first-order valence-electron chi connectivity index (χ1n) is 8.98. The molecule has 4 rings (SSSR count). The third kappa shape index (κ3) is 3.60. The number of likely N-dealkylation sites (tertiary alicyclic amines) is 1. The van der Waals surface area contributed by atoms with Gasteiger partial charge in [0.15, 0.2) is 11.8 Å². The number of fused-ring (bicyclic) bond motifs is 1. The van der Waals surface area contributed by atoms with Gasteiger partial charge in [-0.15, -0.1) is 0 Å². The number of nitrogens with one attached hydrogen (secondary N) is 1. The van der Waals surface area contributed by atoms with Crippen LogP contribution in [0.15, 0.2) is 36.7 Å². The number of ether oxygens (including phenoxy) is 1. The van der Waals surface area contributed by atoms with E-state index in [9.17, 15) is 9.18 Å². The highest BCUT2D eigenvalue weighted by Gasteiger charge is 2.29. The van der Waals surface area contributed by atoms with Crippen LogP contribution in [0.5, 0.6) is 5.75 Å². The van der Waals surface area contributed by atoms with Crippen LogP contribution in [0.4, 0.5) is 4.39 Å². The predicted molar refractivity (Wildman–Crippen MR) is 96.7 cm³/mol. The van der Waals surface area contributed by atoms with E-state index in [1.807, 2.05) is 4.90 Å². The van der Waals surface area contributed by atoms with E-state index in [1.165, 1.54) is 24.3 Å². The summed E-state index contributed by atoms with van der Waals surface area (Å²) in [5.41, 5.74) is 2.41. The summed E-state index contributed by atoms with van der Waals surface area (Å²) in [6.07, 6.45) is 4.31. The fourth-order valence-corrected chi connectivity index (χ4v) is 3.47. The molecule has 7 nitrogen and oxygen atoms in total. The molecular formula is C19H20FN5O2. The summed E-state index contributed by atoms with van der Waals surface area (Å²) in [6.45, 7) is 3.00. The van der Waals surface area contributed by atoms with Gasteiger partial charge in [0.2, 0.25) is 0 Å². The van der Waals surface area contributed by atoms with Gasteiger partial charge in [-0.3, -0.25) is 9.89 Å². The molecule has 140 valence electrons. The van der Waals surface area contributed by atoms with Crippen LogP contribution in [-0.4, -0.2) is 50.2 Å². The Labute approximate surface area is 155 Å². The Morgan fingerprint density at radius 1 is 1.22 bits per heavy atom. The summed E-state index contributed by atoms with van der Waals surface area (Å²) in [4.78, 5) is 23.0. The van der Waals surface area contributed by atoms with Crippen molar-refractivity contribution in [1.29, 1.82) is 0 Å². The maximum Gasteiger partial charge on any atom is 0.263 e. The third-order valence-electron chi connectivity index (χ3n) is 4.91. The fraction of sp³-hybridized carbons (Fsp3) is 0.368. The number of hydrogen-bond acceptors (Lipinski definition) is 5. The lowest BCUT2D eigenvalue weighted by Crippen LogP contribution is -2.44. The topological polar surface area (TPSA) is 84.0 Å². The quantitative estimate of drug-likeness (QED) is 0.764. The number of amides is 1. The van der Waals surface area contributed by atoms with Crippen molar-refractivity contribution in [1.82, 2.24) is 25.1 Å². The fourth-order valence-electron chi connectivity index (χ4n) is 3.47. The molecule has 0 spiro atoms. The van der Waals surface area contributed by atoms with E-state index in [0.717, 1.165) is 24.1 Å². The summed E-state index contributed by atoms with van der Waals surface area (Å²) < 4.78 is 18.6. The second-order valence-corrected chi connectivity index (χ2v) is 6.68. The first-order chi connectivity index (χ1) is 13.1. The second-order valence-electron chi connectivity index (χ2n) is 6.68. The molecule has 8 heteroatoms. The molecule has 1 aliphatic heterocycles. The Hall–Kier alpha value is -3.03. The first kappa shape index (κ1) is 17.4. The van der Waals surface area contributed by atoms with Gasteiger partial charge in [-0.25, -0.2) is 14.4 Å². The van der Waals surface area contributed by atoms with Crippen molar-refractivity contribution in [3.05, 3.63) is 48.2 Å². The largest absolute Gasteiger partial charge is 0.481 e. The highest BCUT2D eigenvalue weighted by atomic mass is 19.1. The second kappa shape index (κ2) is 7.30. The number of hydrogen-bond donors (Lipinski definition) is 1. The van der Waals surface area contributed by atoms with Crippen molar-refractivity contribution in [2.75, 3.05) is 13.1 Å². The number of piperidine rings is 1. The summed E-state index contributed by atoms with van der Waals surface area (Å²) >= 11 is 0. The van der Waals surface area contributed by atoms with Crippen LogP contribution in [-0.2, 0) is 4.79 Å². The minimum atomic E-state index is -0.620. The van der Waals surface area contributed by atoms with Gasteiger partial charge in [0, 0.05) is 31.4 Å². The van der Waals surface area contributed by atoms with Crippen molar-refractivity contribution in [2.24, 2.45) is 0 Å². The third-order valence-corrected chi connectivity index (χ3v) is 4.91. The van der Waals surface area contributed by atoms with Crippen LogP contribution < -0.4 is 4.74 Å². The van der Waals surface area contributed by atoms with Crippen LogP contribution in [0.1, 0.15) is 31.4 Å². The summed E-state index contributed by atoms with van der Waals surface area (Å²) in [6, 6.07) is 5.68. The van der Waals surface area contributed by atoms with Crippen LogP contribution in [0.3, 0.4) is 0 Å². The van der Waals surface area contributed by atoms with Gasteiger partial charge in [0.25, 0.3) is 5.91 Å². The van der Waals surface area contributed by atoms with E-state index in [1.54, 1.807) is 19.3 Å². The molecule has 1 amide bonds. The van der Waals surface area contributed by atoms with Crippen molar-refractivity contribution in [3.8, 4) is 5.75 Å². The van der Waals surface area contributed by atoms with Gasteiger partial charge < -0.3 is 9.64 Å². The lowest BCUT2D eigenvalue weighted by Gasteiger charge is -2.33. The molecule has 27 heavy (non-hydrogen) atoms. The monoisotopic (exact) mass is 369 g/mol. The number of halogens is 1. The normalized spacial score (nSPS) is 16.4. The molecule has 0 bridgehead atoms. The molecule has 1 N–H and O–H groups in total. The number of nitrogens with zero attached hydrogens (tertiary/aromatic N) is 4. The number of carbonyl (C=O) groups is 1. The first-order valence-corrected chi connectivity index (χ1v) is 8.98. The minimum Gasteiger partial charge on any atom is -0.481 e. The molecule has 2 aromatic heterocycles. The maximum atomic E-state index is 13.0. The Morgan fingerprint density at radius 2 is 1.93 bits per heavy atom. The van der Waals surface area contributed by atoms with E-state index < -0.39 is 6.10 Å². The van der Waals surface area contributed by atoms with E-state index in [0.29, 0.717) is 24.5 Å². The summed E-state index contributed by atoms with van der Waals surface area (Å²) in [5.74, 6) is 0.352. The van der Waals surface area contributed by atoms with E-state index >= 15 is 0 Å². The number of aromatic nitrogens is 4. The van der Waals surface area contributed by atoms with Gasteiger partial charge in [-0.2, -0.15) is 5.10 Å². The van der Waals surface area contributed by atoms with Gasteiger partial charge in [0.1, 0.15) is 17.1 Å². The Balaban J connectivity index is 1.37.